The Labute approximate surface area is 134 Å². The molecule has 1 saturated heterocycles. The lowest BCUT2D eigenvalue weighted by Crippen LogP contribution is -2.42. The number of anilines is 1. The van der Waals surface area contributed by atoms with Crippen LogP contribution in [0.25, 0.3) is 0 Å². The molecule has 0 saturated carbocycles. The molecule has 2 aliphatic heterocycles. The summed E-state index contributed by atoms with van der Waals surface area (Å²) in [7, 11) is 0. The fourth-order valence-corrected chi connectivity index (χ4v) is 3.32. The van der Waals surface area contributed by atoms with Crippen LogP contribution in [0, 0.1) is 0 Å². The molecule has 23 heavy (non-hydrogen) atoms. The van der Waals surface area contributed by atoms with Crippen molar-refractivity contribution in [3.63, 3.8) is 0 Å². The number of fused-ring (bicyclic) bond motifs is 2. The van der Waals surface area contributed by atoms with Crippen molar-refractivity contribution in [2.75, 3.05) is 11.9 Å². The number of ether oxygens (including phenoxy) is 1. The van der Waals surface area contributed by atoms with Gasteiger partial charge in [-0.25, -0.2) is 4.79 Å². The lowest BCUT2D eigenvalue weighted by molar-refractivity contribution is -0.120. The summed E-state index contributed by atoms with van der Waals surface area (Å²) < 4.78 is 5.38. The first-order valence-electron chi connectivity index (χ1n) is 7.63. The highest BCUT2D eigenvalue weighted by Gasteiger charge is 2.56. The summed E-state index contributed by atoms with van der Waals surface area (Å²) in [5, 5.41) is 2.85. The molecule has 1 aromatic rings. The maximum absolute atomic E-state index is 12.6. The normalized spacial score (nSPS) is 26.1. The van der Waals surface area contributed by atoms with Crippen LogP contribution in [0.15, 0.2) is 24.3 Å². The van der Waals surface area contributed by atoms with E-state index in [1.807, 2.05) is 24.3 Å². The number of nitrogens with zero attached hydrogens (tertiary/aromatic N) is 1. The van der Waals surface area contributed by atoms with Gasteiger partial charge in [0.1, 0.15) is 11.9 Å². The van der Waals surface area contributed by atoms with E-state index in [1.54, 1.807) is 20.8 Å². The molecular formula is C17H20N2O4. The van der Waals surface area contributed by atoms with Crippen molar-refractivity contribution < 1.29 is 19.1 Å². The molecule has 3 rings (SSSR count). The molecule has 0 aliphatic carbocycles. The third kappa shape index (κ3) is 2.48. The fraction of sp³-hybridized carbons (Fsp3) is 0.471. The Hall–Kier alpha value is -2.37. The van der Waals surface area contributed by atoms with Crippen LogP contribution in [-0.4, -0.2) is 41.4 Å². The molecular weight excluding hydrogens is 296 g/mol. The van der Waals surface area contributed by atoms with E-state index >= 15 is 0 Å². The van der Waals surface area contributed by atoms with Crippen molar-refractivity contribution in [1.29, 1.82) is 0 Å². The second-order valence-electron chi connectivity index (χ2n) is 7.10. The van der Waals surface area contributed by atoms with Gasteiger partial charge in [-0.3, -0.25) is 9.69 Å². The minimum absolute atomic E-state index is 0.147. The molecule has 122 valence electrons. The van der Waals surface area contributed by atoms with E-state index in [9.17, 15) is 14.4 Å². The first-order chi connectivity index (χ1) is 10.8. The van der Waals surface area contributed by atoms with E-state index < -0.39 is 23.2 Å². The highest BCUT2D eigenvalue weighted by molar-refractivity contribution is 6.07. The zero-order valence-corrected chi connectivity index (χ0v) is 13.5. The number of para-hydroxylation sites is 1. The standard InChI is InChI=1S/C17H20N2O4/c1-16(2,3)23-15(22)19-10-17(8-11(19)9-20)12-6-4-5-7-13(12)18-14(17)21/h4-7,9,11H,8,10H2,1-3H3,(H,18,21)/t11-,17-/m1/s1. The van der Waals surface area contributed by atoms with Crippen molar-refractivity contribution >= 4 is 24.0 Å². The van der Waals surface area contributed by atoms with Gasteiger partial charge >= 0.3 is 6.09 Å². The van der Waals surface area contributed by atoms with Crippen LogP contribution in [0.4, 0.5) is 10.5 Å². The summed E-state index contributed by atoms with van der Waals surface area (Å²) >= 11 is 0. The fourth-order valence-electron chi connectivity index (χ4n) is 3.32. The summed E-state index contributed by atoms with van der Waals surface area (Å²) in [5.74, 6) is -0.170. The van der Waals surface area contributed by atoms with Gasteiger partial charge in [0.15, 0.2) is 0 Å². The van der Waals surface area contributed by atoms with E-state index in [4.69, 9.17) is 4.74 Å². The summed E-state index contributed by atoms with van der Waals surface area (Å²) in [6, 6.07) is 6.73. The number of hydrogen-bond donors (Lipinski definition) is 1. The van der Waals surface area contributed by atoms with Crippen LogP contribution in [0.1, 0.15) is 32.8 Å². The SMILES string of the molecule is CC(C)(C)OC(=O)N1C[C@@]2(C[C@@H]1C=O)C(=O)Nc1ccccc12. The van der Waals surface area contributed by atoms with Gasteiger partial charge in [-0.1, -0.05) is 18.2 Å². The van der Waals surface area contributed by atoms with E-state index in [1.165, 1.54) is 4.90 Å². The molecule has 2 heterocycles. The average molecular weight is 316 g/mol. The Morgan fingerprint density at radius 2 is 2.09 bits per heavy atom. The lowest BCUT2D eigenvalue weighted by Gasteiger charge is -2.27. The Kier molecular flexibility index (Phi) is 3.43. The van der Waals surface area contributed by atoms with Gasteiger partial charge in [0, 0.05) is 12.2 Å². The highest BCUT2D eigenvalue weighted by Crippen LogP contribution is 2.46. The monoisotopic (exact) mass is 316 g/mol. The number of amides is 2. The Morgan fingerprint density at radius 3 is 2.74 bits per heavy atom. The first kappa shape index (κ1) is 15.5. The minimum atomic E-state index is -0.876. The lowest BCUT2D eigenvalue weighted by atomic mass is 9.80. The van der Waals surface area contributed by atoms with Crippen LogP contribution < -0.4 is 5.32 Å². The van der Waals surface area contributed by atoms with Crippen LogP contribution in [0.3, 0.4) is 0 Å². The topological polar surface area (TPSA) is 75.7 Å². The zero-order valence-electron chi connectivity index (χ0n) is 13.5. The van der Waals surface area contributed by atoms with Gasteiger partial charge in [-0.15, -0.1) is 0 Å². The van der Waals surface area contributed by atoms with Gasteiger partial charge in [0.2, 0.25) is 5.91 Å². The number of likely N-dealkylation sites (tertiary alicyclic amines) is 1. The molecule has 0 unspecified atom stereocenters. The van der Waals surface area contributed by atoms with Gasteiger partial charge in [-0.05, 0) is 38.8 Å². The van der Waals surface area contributed by atoms with Gasteiger partial charge < -0.3 is 14.8 Å². The minimum Gasteiger partial charge on any atom is -0.444 e. The summed E-state index contributed by atoms with van der Waals surface area (Å²) in [6.45, 7) is 5.45. The van der Waals surface area contributed by atoms with Crippen LogP contribution >= 0.6 is 0 Å². The van der Waals surface area contributed by atoms with Crippen LogP contribution in [0.2, 0.25) is 0 Å². The molecule has 1 fully saturated rings. The maximum atomic E-state index is 12.6. The maximum Gasteiger partial charge on any atom is 0.410 e. The third-order valence-electron chi connectivity index (χ3n) is 4.31. The molecule has 6 nitrogen and oxygen atoms in total. The van der Waals surface area contributed by atoms with Crippen molar-refractivity contribution in [3.05, 3.63) is 29.8 Å². The first-order valence-corrected chi connectivity index (χ1v) is 7.63. The van der Waals surface area contributed by atoms with Crippen molar-refractivity contribution in [1.82, 2.24) is 4.90 Å². The van der Waals surface area contributed by atoms with E-state index in [2.05, 4.69) is 5.32 Å². The summed E-state index contributed by atoms with van der Waals surface area (Å²) in [5.41, 5.74) is 0.0472. The molecule has 2 amide bonds. The second kappa shape index (κ2) is 5.08. The van der Waals surface area contributed by atoms with Crippen molar-refractivity contribution in [2.45, 2.75) is 44.2 Å². The predicted octanol–water partition coefficient (Wildman–Crippen LogP) is 2.08. The number of benzene rings is 1. The Balaban J connectivity index is 1.94. The van der Waals surface area contributed by atoms with Crippen LogP contribution in [-0.2, 0) is 19.7 Å². The zero-order chi connectivity index (χ0) is 16.8. The van der Waals surface area contributed by atoms with Crippen molar-refractivity contribution in [2.24, 2.45) is 0 Å². The Morgan fingerprint density at radius 1 is 1.39 bits per heavy atom. The molecule has 1 spiro atoms. The van der Waals surface area contributed by atoms with Gasteiger partial charge in [0.05, 0.1) is 11.5 Å². The molecule has 2 aliphatic rings. The summed E-state index contributed by atoms with van der Waals surface area (Å²) in [6.07, 6.45) is 0.425. The molecule has 1 N–H and O–H groups in total. The smallest absolute Gasteiger partial charge is 0.410 e. The predicted molar refractivity (Wildman–Crippen MR) is 84.2 cm³/mol. The summed E-state index contributed by atoms with van der Waals surface area (Å²) in [4.78, 5) is 37.8. The van der Waals surface area contributed by atoms with Gasteiger partial charge in [-0.2, -0.15) is 0 Å². The molecule has 0 radical (unpaired) electrons. The van der Waals surface area contributed by atoms with Gasteiger partial charge in [0.25, 0.3) is 0 Å². The highest BCUT2D eigenvalue weighted by atomic mass is 16.6. The second-order valence-corrected chi connectivity index (χ2v) is 7.10. The molecule has 2 atom stereocenters. The van der Waals surface area contributed by atoms with E-state index in [0.29, 0.717) is 6.29 Å². The number of carbonyl (C=O) groups is 3. The molecule has 0 aromatic heterocycles. The number of hydrogen-bond acceptors (Lipinski definition) is 4. The molecule has 1 aromatic carbocycles. The Bertz CT molecular complexity index is 679. The van der Waals surface area contributed by atoms with E-state index in [-0.39, 0.29) is 18.9 Å². The average Bonchev–Trinajstić information content (AvgIpc) is 2.98. The number of nitrogens with one attached hydrogen (secondary N) is 1. The van der Waals surface area contributed by atoms with Crippen molar-refractivity contribution in [3.8, 4) is 0 Å². The largest absolute Gasteiger partial charge is 0.444 e. The number of carbonyl (C=O) groups excluding carboxylic acids is 3. The van der Waals surface area contributed by atoms with Crippen LogP contribution in [0.5, 0.6) is 0 Å². The van der Waals surface area contributed by atoms with E-state index in [0.717, 1.165) is 11.3 Å². The number of aldehydes is 1. The molecule has 0 bridgehead atoms. The molecule has 6 heteroatoms. The quantitative estimate of drug-likeness (QED) is 0.805. The third-order valence-corrected chi connectivity index (χ3v) is 4.31. The number of rotatable bonds is 1.